The van der Waals surface area contributed by atoms with Crippen molar-refractivity contribution in [3.8, 4) is 11.5 Å². The summed E-state index contributed by atoms with van der Waals surface area (Å²) in [6.45, 7) is 0. The molecular formula is C9H7N5O3. The smallest absolute Gasteiger partial charge is 0.264 e. The Morgan fingerprint density at radius 2 is 2.06 bits per heavy atom. The zero-order valence-electron chi connectivity index (χ0n) is 8.40. The van der Waals surface area contributed by atoms with Crippen molar-refractivity contribution in [1.82, 2.24) is 15.2 Å². The van der Waals surface area contributed by atoms with Crippen molar-refractivity contribution < 1.29 is 15.0 Å². The van der Waals surface area contributed by atoms with Gasteiger partial charge >= 0.3 is 0 Å². The zero-order chi connectivity index (χ0) is 12.3. The normalized spacial score (nSPS) is 10.8. The van der Waals surface area contributed by atoms with E-state index in [4.69, 9.17) is 0 Å². The predicted molar refractivity (Wildman–Crippen MR) is 55.7 cm³/mol. The molecule has 0 radical (unpaired) electrons. The second-order valence-electron chi connectivity index (χ2n) is 3.03. The molecule has 0 fully saturated rings. The van der Waals surface area contributed by atoms with Crippen LogP contribution in [0.1, 0.15) is 10.4 Å². The van der Waals surface area contributed by atoms with E-state index in [0.717, 1.165) is 6.07 Å². The fraction of sp³-hybridized carbons (Fsp3) is 0. The lowest BCUT2D eigenvalue weighted by Crippen LogP contribution is -1.81. The fourth-order valence-corrected chi connectivity index (χ4v) is 1.10. The third kappa shape index (κ3) is 2.25. The molecule has 0 aliphatic rings. The standard InChI is InChI=1S/C9H7N5O3/c15-3-5-1-6(8(17)2-7(5)16)12-14-9-10-4-11-13-9/h1-4,16-17H,(H,10,11,13). The van der Waals surface area contributed by atoms with Gasteiger partial charge in [0.25, 0.3) is 5.95 Å². The summed E-state index contributed by atoms with van der Waals surface area (Å²) in [6, 6.07) is 2.22. The summed E-state index contributed by atoms with van der Waals surface area (Å²) in [5, 5.41) is 32.1. The number of aromatic nitrogens is 3. The van der Waals surface area contributed by atoms with Crippen molar-refractivity contribution in [3.05, 3.63) is 24.0 Å². The van der Waals surface area contributed by atoms with Gasteiger partial charge in [-0.25, -0.2) is 5.10 Å². The highest BCUT2D eigenvalue weighted by atomic mass is 16.3. The molecule has 0 atom stereocenters. The van der Waals surface area contributed by atoms with Crippen molar-refractivity contribution >= 4 is 17.9 Å². The van der Waals surface area contributed by atoms with E-state index >= 15 is 0 Å². The molecule has 8 heteroatoms. The van der Waals surface area contributed by atoms with Gasteiger partial charge in [0, 0.05) is 6.07 Å². The molecule has 2 rings (SSSR count). The molecule has 0 spiro atoms. The van der Waals surface area contributed by atoms with Gasteiger partial charge in [0.05, 0.1) is 5.56 Å². The van der Waals surface area contributed by atoms with Crippen LogP contribution in [-0.4, -0.2) is 31.7 Å². The predicted octanol–water partition coefficient (Wildman–Crippen LogP) is 1.44. The summed E-state index contributed by atoms with van der Waals surface area (Å²) in [7, 11) is 0. The maximum atomic E-state index is 10.6. The van der Waals surface area contributed by atoms with Crippen LogP contribution in [0.15, 0.2) is 28.7 Å². The summed E-state index contributed by atoms with van der Waals surface area (Å²) in [6.07, 6.45) is 1.70. The number of hydrogen-bond donors (Lipinski definition) is 3. The molecule has 1 heterocycles. The number of azo groups is 1. The average Bonchev–Trinajstić information content (AvgIpc) is 2.81. The maximum Gasteiger partial charge on any atom is 0.264 e. The van der Waals surface area contributed by atoms with E-state index in [9.17, 15) is 15.0 Å². The Labute approximate surface area is 94.7 Å². The van der Waals surface area contributed by atoms with Crippen molar-refractivity contribution in [2.45, 2.75) is 0 Å². The first kappa shape index (κ1) is 10.7. The number of phenols is 2. The molecule has 0 bridgehead atoms. The van der Waals surface area contributed by atoms with E-state index in [1.807, 2.05) is 0 Å². The molecule has 0 aliphatic heterocycles. The van der Waals surface area contributed by atoms with Gasteiger partial charge in [0.2, 0.25) is 0 Å². The lowest BCUT2D eigenvalue weighted by molar-refractivity contribution is 0.112. The molecule has 1 aromatic carbocycles. The minimum Gasteiger partial charge on any atom is -0.507 e. The summed E-state index contributed by atoms with van der Waals surface area (Å²) >= 11 is 0. The van der Waals surface area contributed by atoms with E-state index in [0.29, 0.717) is 6.29 Å². The van der Waals surface area contributed by atoms with Crippen molar-refractivity contribution in [2.24, 2.45) is 10.2 Å². The topological polar surface area (TPSA) is 124 Å². The number of aldehydes is 1. The van der Waals surface area contributed by atoms with Crippen molar-refractivity contribution in [2.75, 3.05) is 0 Å². The first-order chi connectivity index (χ1) is 8.20. The largest absolute Gasteiger partial charge is 0.507 e. The molecule has 86 valence electrons. The van der Waals surface area contributed by atoms with Crippen LogP contribution in [0.25, 0.3) is 0 Å². The number of hydrogen-bond acceptors (Lipinski definition) is 7. The maximum absolute atomic E-state index is 10.6. The number of aromatic hydroxyl groups is 2. The number of rotatable bonds is 3. The van der Waals surface area contributed by atoms with Crippen LogP contribution < -0.4 is 0 Å². The summed E-state index contributed by atoms with van der Waals surface area (Å²) in [4.78, 5) is 14.3. The molecule has 3 N–H and O–H groups in total. The van der Waals surface area contributed by atoms with E-state index in [1.165, 1.54) is 12.4 Å². The fourth-order valence-electron chi connectivity index (χ4n) is 1.10. The van der Waals surface area contributed by atoms with Crippen LogP contribution in [0, 0.1) is 0 Å². The Morgan fingerprint density at radius 3 is 2.71 bits per heavy atom. The second kappa shape index (κ2) is 4.39. The number of carbonyl (C=O) groups is 1. The molecule has 8 nitrogen and oxygen atoms in total. The molecule has 2 aromatic rings. The van der Waals surface area contributed by atoms with Crippen LogP contribution in [0.2, 0.25) is 0 Å². The van der Waals surface area contributed by atoms with Gasteiger partial charge < -0.3 is 10.2 Å². The SMILES string of the molecule is O=Cc1cc(N=Nc2ncn[nH]2)c(O)cc1O. The van der Waals surface area contributed by atoms with E-state index in [-0.39, 0.29) is 28.7 Å². The molecule has 0 amide bonds. The number of H-pyrrole nitrogens is 1. The first-order valence-electron chi connectivity index (χ1n) is 4.49. The summed E-state index contributed by atoms with van der Waals surface area (Å²) in [5.41, 5.74) is 0.0515. The molecule has 0 saturated carbocycles. The Balaban J connectivity index is 2.35. The number of phenolic OH excluding ortho intramolecular Hbond substituents is 2. The number of benzene rings is 1. The number of nitrogens with one attached hydrogen (secondary N) is 1. The Hall–Kier alpha value is -2.77. The van der Waals surface area contributed by atoms with E-state index in [1.54, 1.807) is 0 Å². The molecule has 0 saturated heterocycles. The minimum atomic E-state index is -0.323. The van der Waals surface area contributed by atoms with Gasteiger partial charge in [-0.15, -0.1) is 10.2 Å². The molecular weight excluding hydrogens is 226 g/mol. The van der Waals surface area contributed by atoms with Crippen molar-refractivity contribution in [3.63, 3.8) is 0 Å². The highest BCUT2D eigenvalue weighted by Gasteiger charge is 2.07. The quantitative estimate of drug-likeness (QED) is 0.546. The minimum absolute atomic E-state index is 0.00863. The number of carbonyl (C=O) groups excluding carboxylic acids is 1. The second-order valence-corrected chi connectivity index (χ2v) is 3.03. The Bertz CT molecular complexity index is 564. The number of nitrogens with zero attached hydrogens (tertiary/aromatic N) is 4. The van der Waals surface area contributed by atoms with Crippen LogP contribution in [0.5, 0.6) is 11.5 Å². The lowest BCUT2D eigenvalue weighted by Gasteiger charge is -2.00. The first-order valence-corrected chi connectivity index (χ1v) is 4.49. The Morgan fingerprint density at radius 1 is 1.24 bits per heavy atom. The van der Waals surface area contributed by atoms with Gasteiger partial charge in [-0.3, -0.25) is 4.79 Å². The van der Waals surface area contributed by atoms with Crippen LogP contribution in [0.4, 0.5) is 11.6 Å². The highest BCUT2D eigenvalue weighted by molar-refractivity contribution is 5.82. The van der Waals surface area contributed by atoms with E-state index in [2.05, 4.69) is 25.4 Å². The highest BCUT2D eigenvalue weighted by Crippen LogP contribution is 2.33. The lowest BCUT2D eigenvalue weighted by atomic mass is 10.2. The average molecular weight is 233 g/mol. The van der Waals surface area contributed by atoms with Gasteiger partial charge in [-0.2, -0.15) is 10.1 Å². The van der Waals surface area contributed by atoms with Gasteiger partial charge in [0.1, 0.15) is 23.5 Å². The van der Waals surface area contributed by atoms with Crippen molar-refractivity contribution in [1.29, 1.82) is 0 Å². The van der Waals surface area contributed by atoms with Crippen LogP contribution >= 0.6 is 0 Å². The number of aromatic amines is 1. The zero-order valence-corrected chi connectivity index (χ0v) is 8.40. The van der Waals surface area contributed by atoms with Crippen LogP contribution in [0.3, 0.4) is 0 Å². The van der Waals surface area contributed by atoms with Crippen LogP contribution in [-0.2, 0) is 0 Å². The van der Waals surface area contributed by atoms with Gasteiger partial charge in [0.15, 0.2) is 6.29 Å². The van der Waals surface area contributed by atoms with Gasteiger partial charge in [-0.05, 0) is 6.07 Å². The third-order valence-corrected chi connectivity index (χ3v) is 1.91. The monoisotopic (exact) mass is 233 g/mol. The molecule has 0 unspecified atom stereocenters. The summed E-state index contributed by atoms with van der Waals surface area (Å²) in [5.74, 6) is -0.461. The molecule has 17 heavy (non-hydrogen) atoms. The van der Waals surface area contributed by atoms with Gasteiger partial charge in [-0.1, -0.05) is 0 Å². The Kier molecular flexibility index (Phi) is 2.77. The third-order valence-electron chi connectivity index (χ3n) is 1.91. The molecule has 1 aromatic heterocycles. The molecule has 0 aliphatic carbocycles. The van der Waals surface area contributed by atoms with E-state index < -0.39 is 0 Å². The summed E-state index contributed by atoms with van der Waals surface area (Å²) < 4.78 is 0.